The van der Waals surface area contributed by atoms with Crippen molar-refractivity contribution in [3.05, 3.63) is 53.3 Å². The minimum absolute atomic E-state index is 0.0873. The molecule has 0 unspecified atom stereocenters. The SMILES string of the molecule is O=C(O)c1cn(C2CN(C(=O)OCc3ccccc3)C2)nc1C(F)(F)F. The van der Waals surface area contributed by atoms with E-state index in [1.54, 1.807) is 24.3 Å². The molecule has 0 saturated carbocycles. The molecule has 2 aromatic rings. The van der Waals surface area contributed by atoms with Gasteiger partial charge in [0.15, 0.2) is 5.69 Å². The Bertz CT molecular complexity index is 814. The van der Waals surface area contributed by atoms with Gasteiger partial charge in [-0.1, -0.05) is 30.3 Å². The first kappa shape index (κ1) is 17.8. The average Bonchev–Trinajstić information content (AvgIpc) is 2.98. The molecule has 26 heavy (non-hydrogen) atoms. The van der Waals surface area contributed by atoms with Gasteiger partial charge >= 0.3 is 18.2 Å². The van der Waals surface area contributed by atoms with Crippen molar-refractivity contribution in [2.45, 2.75) is 18.8 Å². The number of rotatable bonds is 4. The Hall–Kier alpha value is -3.04. The number of ether oxygens (including phenoxy) is 1. The van der Waals surface area contributed by atoms with Crippen LogP contribution in [0.5, 0.6) is 0 Å². The number of hydrogen-bond acceptors (Lipinski definition) is 4. The smallest absolute Gasteiger partial charge is 0.436 e. The molecule has 0 atom stereocenters. The molecule has 1 aromatic heterocycles. The number of amides is 1. The zero-order valence-electron chi connectivity index (χ0n) is 13.3. The Balaban J connectivity index is 1.59. The van der Waals surface area contributed by atoms with Gasteiger partial charge in [0.1, 0.15) is 12.2 Å². The van der Waals surface area contributed by atoms with Crippen molar-refractivity contribution in [2.75, 3.05) is 13.1 Å². The summed E-state index contributed by atoms with van der Waals surface area (Å²) in [4.78, 5) is 24.2. The molecule has 0 radical (unpaired) electrons. The quantitative estimate of drug-likeness (QED) is 0.896. The summed E-state index contributed by atoms with van der Waals surface area (Å²) in [5.41, 5.74) is -1.55. The van der Waals surface area contributed by atoms with Crippen LogP contribution in [0.15, 0.2) is 36.5 Å². The Morgan fingerprint density at radius 3 is 2.42 bits per heavy atom. The third kappa shape index (κ3) is 3.63. The fourth-order valence-corrected chi connectivity index (χ4v) is 2.53. The second kappa shape index (κ2) is 6.70. The number of carboxylic acid groups (broad SMARTS) is 1. The molecular weight excluding hydrogens is 355 g/mol. The van der Waals surface area contributed by atoms with E-state index in [1.807, 2.05) is 6.07 Å². The summed E-state index contributed by atoms with van der Waals surface area (Å²) in [7, 11) is 0. The number of halogens is 3. The van der Waals surface area contributed by atoms with Crippen LogP contribution in [0.2, 0.25) is 0 Å². The van der Waals surface area contributed by atoms with Crippen molar-refractivity contribution in [2.24, 2.45) is 0 Å². The van der Waals surface area contributed by atoms with E-state index in [9.17, 15) is 22.8 Å². The molecule has 138 valence electrons. The van der Waals surface area contributed by atoms with Gasteiger partial charge in [-0.05, 0) is 5.56 Å². The summed E-state index contributed by atoms with van der Waals surface area (Å²) >= 11 is 0. The normalized spacial score (nSPS) is 14.8. The van der Waals surface area contributed by atoms with E-state index in [4.69, 9.17) is 9.84 Å². The standard InChI is InChI=1S/C16H14F3N3O4/c17-16(18,19)13-12(14(23)24)8-22(20-13)11-6-21(7-11)15(25)26-9-10-4-2-1-3-5-10/h1-5,8,11H,6-7,9H2,(H,23,24). The van der Waals surface area contributed by atoms with E-state index < -0.39 is 35.5 Å². The topological polar surface area (TPSA) is 84.7 Å². The highest BCUT2D eigenvalue weighted by Gasteiger charge is 2.41. The Labute approximate surface area is 145 Å². The molecule has 1 fully saturated rings. The fraction of sp³-hybridized carbons (Fsp3) is 0.312. The molecule has 0 spiro atoms. The fourth-order valence-electron chi connectivity index (χ4n) is 2.53. The molecule has 1 aromatic carbocycles. The molecule has 1 aliphatic heterocycles. The number of hydrogen-bond donors (Lipinski definition) is 1. The second-order valence-corrected chi connectivity index (χ2v) is 5.77. The first-order valence-corrected chi connectivity index (χ1v) is 7.61. The summed E-state index contributed by atoms with van der Waals surface area (Å²) in [6.07, 6.45) is -4.62. The van der Waals surface area contributed by atoms with Crippen LogP contribution in [0, 0.1) is 0 Å². The zero-order chi connectivity index (χ0) is 18.9. The third-order valence-corrected chi connectivity index (χ3v) is 3.93. The van der Waals surface area contributed by atoms with Gasteiger partial charge in [0.25, 0.3) is 0 Å². The van der Waals surface area contributed by atoms with Crippen molar-refractivity contribution in [1.29, 1.82) is 0 Å². The number of carboxylic acids is 1. The van der Waals surface area contributed by atoms with Crippen LogP contribution in [0.3, 0.4) is 0 Å². The molecular formula is C16H14F3N3O4. The molecule has 7 nitrogen and oxygen atoms in total. The molecule has 1 aliphatic rings. The van der Waals surface area contributed by atoms with E-state index in [0.717, 1.165) is 16.4 Å². The van der Waals surface area contributed by atoms with Crippen LogP contribution in [-0.2, 0) is 17.5 Å². The maximum atomic E-state index is 12.9. The minimum Gasteiger partial charge on any atom is -0.478 e. The lowest BCUT2D eigenvalue weighted by Crippen LogP contribution is -2.51. The van der Waals surface area contributed by atoms with E-state index in [2.05, 4.69) is 5.10 Å². The van der Waals surface area contributed by atoms with E-state index >= 15 is 0 Å². The van der Waals surface area contributed by atoms with Crippen LogP contribution in [0.25, 0.3) is 0 Å². The van der Waals surface area contributed by atoms with Gasteiger partial charge in [-0.2, -0.15) is 18.3 Å². The predicted molar refractivity (Wildman–Crippen MR) is 81.4 cm³/mol. The number of alkyl halides is 3. The van der Waals surface area contributed by atoms with Crippen molar-refractivity contribution in [3.63, 3.8) is 0 Å². The lowest BCUT2D eigenvalue weighted by atomic mass is 10.1. The Morgan fingerprint density at radius 1 is 1.23 bits per heavy atom. The average molecular weight is 369 g/mol. The van der Waals surface area contributed by atoms with Crippen molar-refractivity contribution >= 4 is 12.1 Å². The third-order valence-electron chi connectivity index (χ3n) is 3.93. The van der Waals surface area contributed by atoms with Gasteiger partial charge in [0.05, 0.1) is 6.04 Å². The van der Waals surface area contributed by atoms with E-state index in [-0.39, 0.29) is 19.7 Å². The molecule has 0 bridgehead atoms. The van der Waals surface area contributed by atoms with Gasteiger partial charge in [0, 0.05) is 19.3 Å². The minimum atomic E-state index is -4.86. The molecule has 1 amide bonds. The number of aromatic carboxylic acids is 1. The van der Waals surface area contributed by atoms with Crippen LogP contribution >= 0.6 is 0 Å². The summed E-state index contributed by atoms with van der Waals surface area (Å²) < 4.78 is 44.6. The monoisotopic (exact) mass is 369 g/mol. The van der Waals surface area contributed by atoms with Gasteiger partial charge in [0.2, 0.25) is 0 Å². The molecule has 10 heteroatoms. The predicted octanol–water partition coefficient (Wildman–Crippen LogP) is 2.79. The van der Waals surface area contributed by atoms with Crippen molar-refractivity contribution in [3.8, 4) is 0 Å². The van der Waals surface area contributed by atoms with Crippen LogP contribution in [-0.4, -0.2) is 44.9 Å². The van der Waals surface area contributed by atoms with Gasteiger partial charge in [-0.15, -0.1) is 0 Å². The van der Waals surface area contributed by atoms with Crippen molar-refractivity contribution in [1.82, 2.24) is 14.7 Å². The molecule has 1 N–H and O–H groups in total. The maximum Gasteiger partial charge on any atom is 0.436 e. The lowest BCUT2D eigenvalue weighted by molar-refractivity contribution is -0.142. The molecule has 2 heterocycles. The van der Waals surface area contributed by atoms with Gasteiger partial charge in [-0.25, -0.2) is 9.59 Å². The highest BCUT2D eigenvalue weighted by Crippen LogP contribution is 2.32. The van der Waals surface area contributed by atoms with Crippen LogP contribution < -0.4 is 0 Å². The number of likely N-dealkylation sites (tertiary alicyclic amines) is 1. The first-order chi connectivity index (χ1) is 12.3. The summed E-state index contributed by atoms with van der Waals surface area (Å²) in [6.45, 7) is 0.265. The van der Waals surface area contributed by atoms with E-state index in [0.29, 0.717) is 0 Å². The molecule has 1 saturated heterocycles. The number of carbonyl (C=O) groups excluding carboxylic acids is 1. The highest BCUT2D eigenvalue weighted by atomic mass is 19.4. The maximum absolute atomic E-state index is 12.9. The molecule has 3 rings (SSSR count). The first-order valence-electron chi connectivity index (χ1n) is 7.61. The largest absolute Gasteiger partial charge is 0.478 e. The number of carbonyl (C=O) groups is 2. The Kier molecular flexibility index (Phi) is 4.58. The van der Waals surface area contributed by atoms with Crippen LogP contribution in [0.4, 0.5) is 18.0 Å². The van der Waals surface area contributed by atoms with Gasteiger partial charge < -0.3 is 14.7 Å². The van der Waals surface area contributed by atoms with Crippen molar-refractivity contribution < 1.29 is 32.6 Å². The number of nitrogens with zero attached hydrogens (tertiary/aromatic N) is 3. The highest BCUT2D eigenvalue weighted by molar-refractivity contribution is 5.88. The van der Waals surface area contributed by atoms with Gasteiger partial charge in [-0.3, -0.25) is 4.68 Å². The number of aromatic nitrogens is 2. The molecule has 0 aliphatic carbocycles. The summed E-state index contributed by atoms with van der Waals surface area (Å²) in [5.74, 6) is -1.71. The summed E-state index contributed by atoms with van der Waals surface area (Å²) in [5, 5.41) is 12.2. The van der Waals surface area contributed by atoms with E-state index in [1.165, 1.54) is 4.90 Å². The number of benzene rings is 1. The lowest BCUT2D eigenvalue weighted by Gasteiger charge is -2.38. The zero-order valence-corrected chi connectivity index (χ0v) is 13.3. The second-order valence-electron chi connectivity index (χ2n) is 5.77. The Morgan fingerprint density at radius 2 is 1.88 bits per heavy atom. The van der Waals surface area contributed by atoms with Crippen LogP contribution in [0.1, 0.15) is 27.7 Å². The summed E-state index contributed by atoms with van der Waals surface area (Å²) in [6, 6.07) is 8.49.